The molecule has 1 N–H and O–H groups in total. The first-order valence-corrected chi connectivity index (χ1v) is 7.44. The third kappa shape index (κ3) is 2.23. The van der Waals surface area contributed by atoms with Crippen molar-refractivity contribution in [2.75, 3.05) is 0 Å². The minimum absolute atomic E-state index is 0.244. The van der Waals surface area contributed by atoms with Crippen LogP contribution in [0.4, 0.5) is 0 Å². The van der Waals surface area contributed by atoms with Gasteiger partial charge in [0.05, 0.1) is 17.1 Å². The van der Waals surface area contributed by atoms with Crippen molar-refractivity contribution in [3.63, 3.8) is 0 Å². The van der Waals surface area contributed by atoms with E-state index < -0.39 is 5.92 Å². The van der Waals surface area contributed by atoms with Crippen LogP contribution in [0.3, 0.4) is 0 Å². The monoisotopic (exact) mass is 312 g/mol. The van der Waals surface area contributed by atoms with Crippen LogP contribution in [0.25, 0.3) is 11.0 Å². The predicted octanol–water partition coefficient (Wildman–Crippen LogP) is 2.12. The summed E-state index contributed by atoms with van der Waals surface area (Å²) in [6, 6.07) is 6.94. The largest absolute Gasteiger partial charge is 0.326 e. The van der Waals surface area contributed by atoms with E-state index in [1.54, 1.807) is 25.2 Å². The highest BCUT2D eigenvalue weighted by atomic mass is 32.1. The minimum atomic E-state index is -0.924. The molecule has 1 aromatic carbocycles. The van der Waals surface area contributed by atoms with E-state index in [-0.39, 0.29) is 11.5 Å². The molecule has 6 nitrogen and oxygen atoms in total. The zero-order valence-electron chi connectivity index (χ0n) is 12.0. The van der Waals surface area contributed by atoms with Gasteiger partial charge in [0.2, 0.25) is 0 Å². The molecular formula is C15H12N4O2S. The molecule has 3 aromatic rings. The van der Waals surface area contributed by atoms with Gasteiger partial charge in [-0.15, -0.1) is 11.3 Å². The van der Waals surface area contributed by atoms with Crippen LogP contribution in [0.1, 0.15) is 27.0 Å². The number of carbonyl (C=O) groups excluding carboxylic acids is 1. The second-order valence-corrected chi connectivity index (χ2v) is 5.86. The smallest absolute Gasteiger partial charge is 0.306 e. The summed E-state index contributed by atoms with van der Waals surface area (Å²) < 4.78 is 1.47. The molecule has 2 heterocycles. The number of aromatic amines is 1. The summed E-state index contributed by atoms with van der Waals surface area (Å²) in [6.45, 7) is 1.82. The van der Waals surface area contributed by atoms with E-state index in [0.29, 0.717) is 21.6 Å². The number of nitrogens with one attached hydrogen (secondary N) is 1. The standard InChI is InChI=1S/C15H12N4O2S/c1-8-7-22-14(17-8)10(6-16)13(20)9-3-4-12-11(5-9)18-15(21)19(12)2/h3-5,7,10H,1-2H3,(H,18,21). The highest BCUT2D eigenvalue weighted by Gasteiger charge is 2.25. The number of nitriles is 1. The highest BCUT2D eigenvalue weighted by molar-refractivity contribution is 7.10. The van der Waals surface area contributed by atoms with Crippen molar-refractivity contribution in [3.05, 3.63) is 50.3 Å². The average Bonchev–Trinajstić information content (AvgIpc) is 3.04. The molecule has 0 aliphatic heterocycles. The van der Waals surface area contributed by atoms with Crippen LogP contribution in [0.5, 0.6) is 0 Å². The lowest BCUT2D eigenvalue weighted by Crippen LogP contribution is -2.11. The maximum Gasteiger partial charge on any atom is 0.326 e. The van der Waals surface area contributed by atoms with Crippen molar-refractivity contribution in [1.82, 2.24) is 14.5 Å². The second kappa shape index (κ2) is 5.24. The molecule has 0 saturated heterocycles. The number of H-pyrrole nitrogens is 1. The molecule has 0 fully saturated rings. The topological polar surface area (TPSA) is 91.5 Å². The number of rotatable bonds is 3. The van der Waals surface area contributed by atoms with Crippen LogP contribution in [0, 0.1) is 18.3 Å². The molecule has 0 aliphatic carbocycles. The third-order valence-electron chi connectivity index (χ3n) is 3.46. The van der Waals surface area contributed by atoms with Gasteiger partial charge >= 0.3 is 5.69 Å². The van der Waals surface area contributed by atoms with Crippen LogP contribution >= 0.6 is 11.3 Å². The number of thiazole rings is 1. The number of Topliss-reactive ketones (excluding diaryl/α,β-unsaturated/α-hetero) is 1. The number of benzene rings is 1. The summed E-state index contributed by atoms with van der Waals surface area (Å²) in [4.78, 5) is 31.1. The Balaban J connectivity index is 2.04. The zero-order valence-corrected chi connectivity index (χ0v) is 12.8. The number of fused-ring (bicyclic) bond motifs is 1. The first-order chi connectivity index (χ1) is 10.5. The Morgan fingerprint density at radius 3 is 2.91 bits per heavy atom. The molecule has 0 radical (unpaired) electrons. The Hall–Kier alpha value is -2.72. The SMILES string of the molecule is Cc1csc(C(C#N)C(=O)c2ccc3c(c2)[nH]c(=O)n3C)n1. The maximum atomic E-state index is 12.6. The Kier molecular flexibility index (Phi) is 3.39. The molecule has 0 bridgehead atoms. The lowest BCUT2D eigenvalue weighted by molar-refractivity contribution is 0.0979. The molecular weight excluding hydrogens is 300 g/mol. The van der Waals surface area contributed by atoms with Crippen LogP contribution in [-0.4, -0.2) is 20.3 Å². The zero-order chi connectivity index (χ0) is 15.9. The summed E-state index contributed by atoms with van der Waals surface area (Å²) in [5, 5.41) is 11.6. The van der Waals surface area contributed by atoms with Crippen molar-refractivity contribution in [1.29, 1.82) is 5.26 Å². The van der Waals surface area contributed by atoms with Crippen LogP contribution < -0.4 is 5.69 Å². The van der Waals surface area contributed by atoms with Gasteiger partial charge in [0.25, 0.3) is 0 Å². The van der Waals surface area contributed by atoms with Crippen LogP contribution in [-0.2, 0) is 7.05 Å². The number of carbonyl (C=O) groups is 1. The first kappa shape index (κ1) is 14.2. The van der Waals surface area contributed by atoms with Crippen molar-refractivity contribution in [2.45, 2.75) is 12.8 Å². The molecule has 0 spiro atoms. The van der Waals surface area contributed by atoms with E-state index in [4.69, 9.17) is 0 Å². The molecule has 0 aliphatic rings. The fraction of sp³-hybridized carbons (Fsp3) is 0.200. The number of hydrogen-bond acceptors (Lipinski definition) is 5. The average molecular weight is 312 g/mol. The van der Waals surface area contributed by atoms with E-state index in [0.717, 1.165) is 5.69 Å². The number of aromatic nitrogens is 3. The predicted molar refractivity (Wildman–Crippen MR) is 83.1 cm³/mol. The Morgan fingerprint density at radius 2 is 2.27 bits per heavy atom. The number of ketones is 1. The Labute approximate surface area is 129 Å². The quantitative estimate of drug-likeness (QED) is 0.750. The summed E-state index contributed by atoms with van der Waals surface area (Å²) in [5.74, 6) is -1.24. The summed E-state index contributed by atoms with van der Waals surface area (Å²) in [6.07, 6.45) is 0. The Bertz CT molecular complexity index is 973. The summed E-state index contributed by atoms with van der Waals surface area (Å²) >= 11 is 1.30. The van der Waals surface area contributed by atoms with Crippen molar-refractivity contribution in [2.24, 2.45) is 7.05 Å². The van der Waals surface area contributed by atoms with Gasteiger partial charge in [-0.1, -0.05) is 0 Å². The van der Waals surface area contributed by atoms with E-state index >= 15 is 0 Å². The molecule has 3 rings (SSSR count). The van der Waals surface area contributed by atoms with Gasteiger partial charge in [-0.25, -0.2) is 9.78 Å². The van der Waals surface area contributed by atoms with Crippen LogP contribution in [0.2, 0.25) is 0 Å². The molecule has 7 heteroatoms. The number of aryl methyl sites for hydroxylation is 2. The number of imidazole rings is 1. The molecule has 0 saturated carbocycles. The van der Waals surface area contributed by atoms with Crippen molar-refractivity contribution in [3.8, 4) is 6.07 Å². The second-order valence-electron chi connectivity index (χ2n) is 4.97. The number of hydrogen-bond donors (Lipinski definition) is 1. The summed E-state index contributed by atoms with van der Waals surface area (Å²) in [5.41, 5.74) is 2.21. The van der Waals surface area contributed by atoms with Gasteiger partial charge in [0, 0.05) is 23.7 Å². The van der Waals surface area contributed by atoms with E-state index in [1.165, 1.54) is 15.9 Å². The third-order valence-corrected chi connectivity index (χ3v) is 4.49. The minimum Gasteiger partial charge on any atom is -0.306 e. The molecule has 110 valence electrons. The highest BCUT2D eigenvalue weighted by Crippen LogP contribution is 2.25. The normalized spacial score (nSPS) is 12.2. The van der Waals surface area contributed by atoms with Crippen LogP contribution in [0.15, 0.2) is 28.4 Å². The van der Waals surface area contributed by atoms with E-state index in [9.17, 15) is 14.9 Å². The number of nitrogens with zero attached hydrogens (tertiary/aromatic N) is 3. The molecule has 1 unspecified atom stereocenters. The molecule has 0 amide bonds. The van der Waals surface area contributed by atoms with Gasteiger partial charge in [-0.05, 0) is 25.1 Å². The lowest BCUT2D eigenvalue weighted by atomic mass is 9.99. The van der Waals surface area contributed by atoms with Gasteiger partial charge in [0.15, 0.2) is 11.7 Å². The fourth-order valence-electron chi connectivity index (χ4n) is 2.29. The van der Waals surface area contributed by atoms with Gasteiger partial charge in [0.1, 0.15) is 5.01 Å². The summed E-state index contributed by atoms with van der Waals surface area (Å²) in [7, 11) is 1.65. The van der Waals surface area contributed by atoms with E-state index in [2.05, 4.69) is 9.97 Å². The van der Waals surface area contributed by atoms with Gasteiger partial charge < -0.3 is 4.98 Å². The fourth-order valence-corrected chi connectivity index (χ4v) is 3.12. The van der Waals surface area contributed by atoms with Gasteiger partial charge in [-0.3, -0.25) is 9.36 Å². The van der Waals surface area contributed by atoms with E-state index in [1.807, 2.05) is 18.4 Å². The molecule has 2 aromatic heterocycles. The lowest BCUT2D eigenvalue weighted by Gasteiger charge is -2.05. The Morgan fingerprint density at radius 1 is 1.50 bits per heavy atom. The first-order valence-electron chi connectivity index (χ1n) is 6.56. The maximum absolute atomic E-state index is 12.6. The molecule has 1 atom stereocenters. The molecule has 22 heavy (non-hydrogen) atoms. The van der Waals surface area contributed by atoms with Crippen molar-refractivity contribution >= 4 is 28.2 Å². The van der Waals surface area contributed by atoms with Crippen molar-refractivity contribution < 1.29 is 4.79 Å². The van der Waals surface area contributed by atoms with Gasteiger partial charge in [-0.2, -0.15) is 5.26 Å².